The van der Waals surface area contributed by atoms with Crippen LogP contribution in [0.4, 0.5) is 0 Å². The molecule has 0 saturated carbocycles. The lowest BCUT2D eigenvalue weighted by Gasteiger charge is -2.18. The number of carbonyl (C=O) groups is 3. The van der Waals surface area contributed by atoms with Gasteiger partial charge in [0, 0.05) is 19.3 Å². The van der Waals surface area contributed by atoms with Crippen LogP contribution in [0.3, 0.4) is 0 Å². The molecule has 0 aromatic heterocycles. The predicted octanol–water partition coefficient (Wildman–Crippen LogP) is 24.8. The fourth-order valence-corrected chi connectivity index (χ4v) is 10.5. The Morgan fingerprint density at radius 3 is 0.707 bits per heavy atom. The van der Waals surface area contributed by atoms with Crippen LogP contribution >= 0.6 is 0 Å². The van der Waals surface area contributed by atoms with Crippen molar-refractivity contribution in [1.82, 2.24) is 0 Å². The van der Waals surface area contributed by atoms with E-state index in [1.165, 1.54) is 238 Å². The highest BCUT2D eigenvalue weighted by molar-refractivity contribution is 5.71. The van der Waals surface area contributed by atoms with E-state index in [0.29, 0.717) is 19.3 Å². The van der Waals surface area contributed by atoms with E-state index in [1.54, 1.807) is 0 Å². The SMILES string of the molecule is CCCCC/C=C\C/C=C\CCCCCCCC(=O)OCC(COC(=O)CCCCCCCCCCCCCCCCCCCCC/C=C\C/C=C\CCCCCCC)OC(=O)CCCCCCCCC/C=C\C/C=C\CCCCCC. The van der Waals surface area contributed by atoms with Gasteiger partial charge in [0.2, 0.25) is 0 Å². The zero-order valence-electron chi connectivity index (χ0n) is 54.8. The fraction of sp³-hybridized carbons (Fsp3) is 0.803. The Bertz CT molecular complexity index is 1500. The number of ether oxygens (including phenoxy) is 3. The fourth-order valence-electron chi connectivity index (χ4n) is 10.5. The first-order valence-electron chi connectivity index (χ1n) is 35.9. The van der Waals surface area contributed by atoms with Crippen molar-refractivity contribution in [2.45, 2.75) is 380 Å². The largest absolute Gasteiger partial charge is 0.462 e. The molecule has 0 aliphatic rings. The molecule has 0 aromatic rings. The van der Waals surface area contributed by atoms with Gasteiger partial charge in [-0.2, -0.15) is 0 Å². The Morgan fingerprint density at radius 2 is 0.439 bits per heavy atom. The van der Waals surface area contributed by atoms with Gasteiger partial charge in [-0.3, -0.25) is 14.4 Å². The molecular weight excluding hydrogens is 1010 g/mol. The summed E-state index contributed by atoms with van der Waals surface area (Å²) in [6, 6.07) is 0. The summed E-state index contributed by atoms with van der Waals surface area (Å²) in [6.45, 7) is 6.62. The van der Waals surface area contributed by atoms with E-state index in [2.05, 4.69) is 93.7 Å². The third-order valence-corrected chi connectivity index (χ3v) is 15.9. The highest BCUT2D eigenvalue weighted by Crippen LogP contribution is 2.18. The number of esters is 3. The van der Waals surface area contributed by atoms with Gasteiger partial charge >= 0.3 is 17.9 Å². The second-order valence-corrected chi connectivity index (χ2v) is 24.1. The van der Waals surface area contributed by atoms with Crippen molar-refractivity contribution < 1.29 is 28.6 Å². The quantitative estimate of drug-likeness (QED) is 0.0261. The first-order valence-corrected chi connectivity index (χ1v) is 35.9. The molecule has 0 fully saturated rings. The molecule has 0 amide bonds. The lowest BCUT2D eigenvalue weighted by Crippen LogP contribution is -2.30. The monoisotopic (exact) mass is 1150 g/mol. The molecule has 6 nitrogen and oxygen atoms in total. The van der Waals surface area contributed by atoms with Gasteiger partial charge in [0.15, 0.2) is 6.10 Å². The number of allylic oxidation sites excluding steroid dienone is 12. The average molecular weight is 1150 g/mol. The van der Waals surface area contributed by atoms with Crippen molar-refractivity contribution >= 4 is 17.9 Å². The van der Waals surface area contributed by atoms with E-state index >= 15 is 0 Å². The van der Waals surface area contributed by atoms with E-state index < -0.39 is 6.10 Å². The first-order chi connectivity index (χ1) is 40.5. The second-order valence-electron chi connectivity index (χ2n) is 24.1. The lowest BCUT2D eigenvalue weighted by atomic mass is 10.0. The standard InChI is InChI=1S/C76H136O6/c1-4-7-10-13-16-19-22-25-28-30-32-33-34-35-36-37-38-39-40-41-42-43-44-46-48-51-54-57-60-63-66-69-75(78)81-72-73(71-80-74(77)68-65-62-59-56-53-50-47-27-24-21-18-15-12-9-6-3)82-76(79)70-67-64-61-58-55-52-49-45-31-29-26-23-20-17-14-11-8-5-2/h18,20-23,25,27,29-32,47,73H,4-17,19,24,26,28,33-46,48-72H2,1-3H3/b21-18-,23-20-,25-22-,31-29-,32-30-,47-27-. The smallest absolute Gasteiger partial charge is 0.306 e. The molecule has 0 aliphatic carbocycles. The molecule has 0 spiro atoms. The van der Waals surface area contributed by atoms with Crippen LogP contribution in [0.2, 0.25) is 0 Å². The van der Waals surface area contributed by atoms with Crippen LogP contribution in [0.15, 0.2) is 72.9 Å². The van der Waals surface area contributed by atoms with Crippen LogP contribution in [0.1, 0.15) is 374 Å². The lowest BCUT2D eigenvalue weighted by molar-refractivity contribution is -0.167. The molecule has 0 N–H and O–H groups in total. The molecule has 0 rings (SSSR count). The number of unbranched alkanes of at least 4 members (excludes halogenated alkanes) is 43. The van der Waals surface area contributed by atoms with Gasteiger partial charge in [-0.1, -0.05) is 312 Å². The summed E-state index contributed by atoms with van der Waals surface area (Å²) in [5, 5.41) is 0. The summed E-state index contributed by atoms with van der Waals surface area (Å²) in [6.07, 6.45) is 92.2. The van der Waals surface area contributed by atoms with Crippen molar-refractivity contribution in [3.8, 4) is 0 Å². The molecule has 82 heavy (non-hydrogen) atoms. The normalized spacial score (nSPS) is 12.5. The zero-order valence-corrected chi connectivity index (χ0v) is 54.8. The summed E-state index contributed by atoms with van der Waals surface area (Å²) in [4.78, 5) is 38.4. The molecular formula is C76H136O6. The minimum absolute atomic E-state index is 0.0800. The van der Waals surface area contributed by atoms with Gasteiger partial charge in [0.25, 0.3) is 0 Å². The Labute approximate surface area is 510 Å². The molecule has 1 atom stereocenters. The molecule has 0 heterocycles. The van der Waals surface area contributed by atoms with Gasteiger partial charge in [0.05, 0.1) is 0 Å². The topological polar surface area (TPSA) is 78.9 Å². The van der Waals surface area contributed by atoms with Gasteiger partial charge in [0.1, 0.15) is 13.2 Å². The predicted molar refractivity (Wildman–Crippen MR) is 358 cm³/mol. The number of hydrogen-bond donors (Lipinski definition) is 0. The van der Waals surface area contributed by atoms with Crippen LogP contribution in [-0.4, -0.2) is 37.2 Å². The Morgan fingerprint density at radius 1 is 0.244 bits per heavy atom. The van der Waals surface area contributed by atoms with Gasteiger partial charge in [-0.05, 0) is 116 Å². The van der Waals surface area contributed by atoms with Crippen LogP contribution in [-0.2, 0) is 28.6 Å². The van der Waals surface area contributed by atoms with Crippen molar-refractivity contribution in [1.29, 1.82) is 0 Å². The number of hydrogen-bond acceptors (Lipinski definition) is 6. The molecule has 0 aromatic carbocycles. The van der Waals surface area contributed by atoms with E-state index in [0.717, 1.165) is 96.3 Å². The van der Waals surface area contributed by atoms with Crippen molar-refractivity contribution in [3.63, 3.8) is 0 Å². The number of carbonyl (C=O) groups excluding carboxylic acids is 3. The minimum atomic E-state index is -0.786. The Kier molecular flexibility index (Phi) is 67.6. The molecule has 476 valence electrons. The summed E-state index contributed by atoms with van der Waals surface area (Å²) >= 11 is 0. The van der Waals surface area contributed by atoms with Crippen molar-refractivity contribution in [2.75, 3.05) is 13.2 Å². The van der Waals surface area contributed by atoms with Crippen molar-refractivity contribution in [2.24, 2.45) is 0 Å². The maximum atomic E-state index is 12.9. The van der Waals surface area contributed by atoms with Crippen LogP contribution < -0.4 is 0 Å². The molecule has 6 heteroatoms. The molecule has 0 saturated heterocycles. The molecule has 1 unspecified atom stereocenters. The van der Waals surface area contributed by atoms with Gasteiger partial charge in [-0.15, -0.1) is 0 Å². The van der Waals surface area contributed by atoms with Crippen LogP contribution in [0.5, 0.6) is 0 Å². The minimum Gasteiger partial charge on any atom is -0.462 e. The van der Waals surface area contributed by atoms with Crippen LogP contribution in [0, 0.1) is 0 Å². The van der Waals surface area contributed by atoms with Gasteiger partial charge < -0.3 is 14.2 Å². The molecule has 0 bridgehead atoms. The summed E-state index contributed by atoms with van der Waals surface area (Å²) < 4.78 is 17.0. The van der Waals surface area contributed by atoms with Crippen LogP contribution in [0.25, 0.3) is 0 Å². The number of rotatable bonds is 66. The average Bonchev–Trinajstić information content (AvgIpc) is 3.47. The molecule has 0 radical (unpaired) electrons. The highest BCUT2D eigenvalue weighted by atomic mass is 16.6. The zero-order chi connectivity index (χ0) is 59.2. The van der Waals surface area contributed by atoms with Gasteiger partial charge in [-0.25, -0.2) is 0 Å². The van der Waals surface area contributed by atoms with E-state index in [-0.39, 0.29) is 31.1 Å². The Hall–Kier alpha value is -3.15. The third kappa shape index (κ3) is 67.6. The van der Waals surface area contributed by atoms with E-state index in [4.69, 9.17) is 14.2 Å². The second kappa shape index (κ2) is 70.3. The summed E-state index contributed by atoms with van der Waals surface area (Å²) in [7, 11) is 0. The first kappa shape index (κ1) is 78.8. The highest BCUT2D eigenvalue weighted by Gasteiger charge is 2.19. The van der Waals surface area contributed by atoms with Crippen molar-refractivity contribution in [3.05, 3.63) is 72.9 Å². The maximum Gasteiger partial charge on any atom is 0.306 e. The molecule has 0 aliphatic heterocycles. The Balaban J connectivity index is 4.22. The third-order valence-electron chi connectivity index (χ3n) is 15.9. The van der Waals surface area contributed by atoms with E-state index in [1.807, 2.05) is 0 Å². The van der Waals surface area contributed by atoms with E-state index in [9.17, 15) is 14.4 Å². The maximum absolute atomic E-state index is 12.9. The summed E-state index contributed by atoms with van der Waals surface area (Å²) in [5.41, 5.74) is 0. The summed E-state index contributed by atoms with van der Waals surface area (Å²) in [5.74, 6) is -0.882.